The van der Waals surface area contributed by atoms with Gasteiger partial charge in [-0.3, -0.25) is 4.99 Å². The van der Waals surface area contributed by atoms with Gasteiger partial charge in [0.1, 0.15) is 18.3 Å². The van der Waals surface area contributed by atoms with Gasteiger partial charge in [0, 0.05) is 16.3 Å². The standard InChI is InChI=1S/C14H17BrF2N2O2S/c1-13(10-7-9(15)3-4-11(10)17)5-6-14(8-16,12(18)19-13)22(2,20)21/h3-4,7H,5-6,8H2,1-2H3,(H2,18,19)/t13-,14-/m0/s1. The molecule has 0 unspecified atom stereocenters. The molecular weight excluding hydrogens is 378 g/mol. The Balaban J connectivity index is 2.58. The lowest BCUT2D eigenvalue weighted by atomic mass is 9.81. The molecule has 4 nitrogen and oxygen atoms in total. The summed E-state index contributed by atoms with van der Waals surface area (Å²) in [5, 5.41) is 0. The summed E-state index contributed by atoms with van der Waals surface area (Å²) in [5.41, 5.74) is 5.08. The van der Waals surface area contributed by atoms with Crippen molar-refractivity contribution in [2.75, 3.05) is 12.9 Å². The van der Waals surface area contributed by atoms with Crippen molar-refractivity contribution in [2.45, 2.75) is 30.1 Å². The van der Waals surface area contributed by atoms with Crippen LogP contribution in [0.3, 0.4) is 0 Å². The fourth-order valence-corrected chi connectivity index (χ4v) is 4.17. The molecule has 0 saturated carbocycles. The first-order valence-corrected chi connectivity index (χ1v) is 9.31. The third kappa shape index (κ3) is 2.67. The molecule has 122 valence electrons. The maximum atomic E-state index is 14.1. The van der Waals surface area contributed by atoms with Gasteiger partial charge >= 0.3 is 0 Å². The lowest BCUT2D eigenvalue weighted by Crippen LogP contribution is -2.56. The van der Waals surface area contributed by atoms with Gasteiger partial charge in [0.25, 0.3) is 0 Å². The number of amidine groups is 1. The van der Waals surface area contributed by atoms with E-state index in [0.717, 1.165) is 6.26 Å². The van der Waals surface area contributed by atoms with Crippen LogP contribution in [-0.2, 0) is 15.4 Å². The van der Waals surface area contributed by atoms with Crippen molar-refractivity contribution in [3.05, 3.63) is 34.1 Å². The number of hydrogen-bond donors (Lipinski definition) is 1. The average molecular weight is 395 g/mol. The summed E-state index contributed by atoms with van der Waals surface area (Å²) in [6.07, 6.45) is 1.08. The fourth-order valence-electron chi connectivity index (χ4n) is 2.71. The Morgan fingerprint density at radius 2 is 2.05 bits per heavy atom. The third-order valence-electron chi connectivity index (χ3n) is 4.28. The predicted molar refractivity (Wildman–Crippen MR) is 85.9 cm³/mol. The second kappa shape index (κ2) is 5.56. The Bertz CT molecular complexity index is 738. The van der Waals surface area contributed by atoms with E-state index in [4.69, 9.17) is 5.73 Å². The summed E-state index contributed by atoms with van der Waals surface area (Å²) in [5.74, 6) is -0.764. The van der Waals surface area contributed by atoms with Crippen LogP contribution in [0.1, 0.15) is 25.3 Å². The molecule has 0 aromatic heterocycles. The maximum absolute atomic E-state index is 14.1. The second-order valence-corrected chi connectivity index (χ2v) is 9.04. The van der Waals surface area contributed by atoms with Crippen molar-refractivity contribution in [3.8, 4) is 0 Å². The Hall–Kier alpha value is -1.02. The van der Waals surface area contributed by atoms with Gasteiger partial charge in [-0.05, 0) is 38.0 Å². The number of nitrogens with zero attached hydrogens (tertiary/aromatic N) is 1. The quantitative estimate of drug-likeness (QED) is 0.856. The summed E-state index contributed by atoms with van der Waals surface area (Å²) >= 11 is 3.27. The van der Waals surface area contributed by atoms with E-state index >= 15 is 0 Å². The molecule has 1 aromatic carbocycles. The first kappa shape index (κ1) is 17.3. The second-order valence-electron chi connectivity index (χ2n) is 5.80. The van der Waals surface area contributed by atoms with Gasteiger partial charge in [-0.25, -0.2) is 17.2 Å². The smallest absolute Gasteiger partial charge is 0.162 e. The number of halogens is 3. The number of alkyl halides is 1. The first-order chi connectivity index (χ1) is 10.1. The van der Waals surface area contributed by atoms with Crippen LogP contribution in [0.15, 0.2) is 27.7 Å². The zero-order valence-corrected chi connectivity index (χ0v) is 14.6. The van der Waals surface area contributed by atoms with Crippen LogP contribution in [0.25, 0.3) is 0 Å². The lowest BCUT2D eigenvalue weighted by molar-refractivity contribution is 0.334. The van der Waals surface area contributed by atoms with Crippen LogP contribution >= 0.6 is 15.9 Å². The summed E-state index contributed by atoms with van der Waals surface area (Å²) in [4.78, 5) is 4.19. The molecule has 2 rings (SSSR count). The SMILES string of the molecule is C[C@@]1(c2cc(Br)ccc2F)CC[C@@](CF)(S(C)(=O)=O)C(N)=N1. The Labute approximate surface area is 136 Å². The van der Waals surface area contributed by atoms with Gasteiger partial charge in [0.05, 0.1) is 5.54 Å². The molecule has 2 N–H and O–H groups in total. The minimum absolute atomic E-state index is 0.0415. The van der Waals surface area contributed by atoms with Crippen LogP contribution < -0.4 is 5.73 Å². The molecule has 1 aliphatic heterocycles. The summed E-state index contributed by atoms with van der Waals surface area (Å²) in [7, 11) is -3.77. The van der Waals surface area contributed by atoms with Crippen LogP contribution in [0.5, 0.6) is 0 Å². The molecule has 2 atom stereocenters. The molecule has 1 aliphatic rings. The first-order valence-electron chi connectivity index (χ1n) is 6.63. The zero-order chi connectivity index (χ0) is 16.8. The third-order valence-corrected chi connectivity index (χ3v) is 6.72. The highest BCUT2D eigenvalue weighted by Gasteiger charge is 2.50. The predicted octanol–water partition coefficient (Wildman–Crippen LogP) is 2.71. The van der Waals surface area contributed by atoms with E-state index < -0.39 is 32.6 Å². The molecule has 0 amide bonds. The van der Waals surface area contributed by atoms with Gasteiger partial charge in [0.15, 0.2) is 14.6 Å². The van der Waals surface area contributed by atoms with E-state index in [2.05, 4.69) is 20.9 Å². The van der Waals surface area contributed by atoms with Crippen molar-refractivity contribution < 1.29 is 17.2 Å². The topological polar surface area (TPSA) is 72.5 Å². The molecular formula is C14H17BrF2N2O2S. The van der Waals surface area contributed by atoms with Crippen molar-refractivity contribution in [1.82, 2.24) is 0 Å². The number of aliphatic imine (C=N–C) groups is 1. The molecule has 0 radical (unpaired) electrons. The van der Waals surface area contributed by atoms with Crippen LogP contribution in [0.4, 0.5) is 8.78 Å². The molecule has 0 saturated heterocycles. The molecule has 0 bridgehead atoms. The molecule has 1 aromatic rings. The van der Waals surface area contributed by atoms with Gasteiger partial charge in [0.2, 0.25) is 0 Å². The van der Waals surface area contributed by atoms with E-state index in [9.17, 15) is 17.2 Å². The largest absolute Gasteiger partial charge is 0.386 e. The minimum Gasteiger partial charge on any atom is -0.386 e. The Morgan fingerprint density at radius 3 is 2.55 bits per heavy atom. The number of rotatable bonds is 3. The van der Waals surface area contributed by atoms with Gasteiger partial charge < -0.3 is 5.73 Å². The Kier molecular flexibility index (Phi) is 4.38. The molecule has 0 spiro atoms. The van der Waals surface area contributed by atoms with E-state index in [1.54, 1.807) is 19.1 Å². The number of nitrogens with two attached hydrogens (primary N) is 1. The van der Waals surface area contributed by atoms with Crippen molar-refractivity contribution in [3.63, 3.8) is 0 Å². The van der Waals surface area contributed by atoms with Gasteiger partial charge in [-0.1, -0.05) is 15.9 Å². The molecule has 0 fully saturated rings. The molecule has 22 heavy (non-hydrogen) atoms. The molecule has 0 aliphatic carbocycles. The normalized spacial score (nSPS) is 29.2. The van der Waals surface area contributed by atoms with Gasteiger partial charge in [-0.2, -0.15) is 0 Å². The highest BCUT2D eigenvalue weighted by Crippen LogP contribution is 2.42. The van der Waals surface area contributed by atoms with Crippen LogP contribution in [-0.4, -0.2) is 31.9 Å². The molecule has 1 heterocycles. The fraction of sp³-hybridized carbons (Fsp3) is 0.500. The Morgan fingerprint density at radius 1 is 1.41 bits per heavy atom. The number of hydrogen-bond acceptors (Lipinski definition) is 4. The molecule has 8 heteroatoms. The van der Waals surface area contributed by atoms with Crippen LogP contribution in [0, 0.1) is 5.82 Å². The van der Waals surface area contributed by atoms with Crippen LogP contribution in [0.2, 0.25) is 0 Å². The van der Waals surface area contributed by atoms with E-state index in [1.165, 1.54) is 6.07 Å². The zero-order valence-electron chi connectivity index (χ0n) is 12.2. The lowest BCUT2D eigenvalue weighted by Gasteiger charge is -2.39. The van der Waals surface area contributed by atoms with Crippen molar-refractivity contribution in [2.24, 2.45) is 10.7 Å². The number of sulfone groups is 1. The van der Waals surface area contributed by atoms with Gasteiger partial charge in [-0.15, -0.1) is 0 Å². The van der Waals surface area contributed by atoms with E-state index in [0.29, 0.717) is 10.0 Å². The minimum atomic E-state index is -3.77. The summed E-state index contributed by atoms with van der Waals surface area (Å²) in [6.45, 7) is 0.521. The maximum Gasteiger partial charge on any atom is 0.162 e. The number of benzene rings is 1. The average Bonchev–Trinajstić information content (AvgIpc) is 2.40. The van der Waals surface area contributed by atoms with Crippen molar-refractivity contribution in [1.29, 1.82) is 0 Å². The highest BCUT2D eigenvalue weighted by molar-refractivity contribution is 9.10. The monoisotopic (exact) mass is 394 g/mol. The summed E-state index contributed by atoms with van der Waals surface area (Å²) in [6, 6.07) is 4.43. The van der Waals surface area contributed by atoms with E-state index in [1.807, 2.05) is 0 Å². The van der Waals surface area contributed by atoms with Crippen molar-refractivity contribution >= 4 is 31.6 Å². The highest BCUT2D eigenvalue weighted by atomic mass is 79.9. The van der Waals surface area contributed by atoms with E-state index in [-0.39, 0.29) is 18.7 Å². The summed E-state index contributed by atoms with van der Waals surface area (Å²) < 4.78 is 50.3.